The van der Waals surface area contributed by atoms with E-state index in [9.17, 15) is 0 Å². The molecule has 0 saturated carbocycles. The van der Waals surface area contributed by atoms with Gasteiger partial charge in [0.25, 0.3) is 0 Å². The molecule has 14 heavy (non-hydrogen) atoms. The van der Waals surface area contributed by atoms with Gasteiger partial charge >= 0.3 is 0 Å². The number of aliphatic hydroxyl groups excluding tert-OH is 1. The monoisotopic (exact) mass is 186 g/mol. The van der Waals surface area contributed by atoms with E-state index in [0.29, 0.717) is 5.57 Å². The molecule has 0 bridgehead atoms. The van der Waals surface area contributed by atoms with Gasteiger partial charge in [0.15, 0.2) is 0 Å². The quantitative estimate of drug-likeness (QED) is 0.696. The topological polar surface area (TPSA) is 56.0 Å². The Morgan fingerprint density at radius 2 is 2.21 bits per heavy atom. The predicted molar refractivity (Wildman–Crippen MR) is 54.5 cm³/mol. The molecule has 70 valence electrons. The van der Waals surface area contributed by atoms with E-state index in [0.717, 1.165) is 11.3 Å². The summed E-state index contributed by atoms with van der Waals surface area (Å²) in [5.74, 6) is 0. The molecule has 1 aromatic carbocycles. The Morgan fingerprint density at radius 3 is 2.93 bits per heavy atom. The number of fused-ring (bicyclic) bond motifs is 1. The molecule has 3 nitrogen and oxygen atoms in total. The lowest BCUT2D eigenvalue weighted by atomic mass is 9.99. The van der Waals surface area contributed by atoms with E-state index in [4.69, 9.17) is 10.4 Å². The molecule has 0 aliphatic carbocycles. The lowest BCUT2D eigenvalue weighted by Crippen LogP contribution is -2.28. The molecule has 0 aromatic heterocycles. The Hall–Kier alpha value is -1.79. The van der Waals surface area contributed by atoms with Crippen LogP contribution >= 0.6 is 0 Å². The van der Waals surface area contributed by atoms with Gasteiger partial charge in [-0.2, -0.15) is 5.26 Å². The van der Waals surface area contributed by atoms with Gasteiger partial charge in [0.2, 0.25) is 0 Å². The molecule has 2 N–H and O–H groups in total. The van der Waals surface area contributed by atoms with Gasteiger partial charge in [-0.3, -0.25) is 0 Å². The van der Waals surface area contributed by atoms with Gasteiger partial charge in [0.1, 0.15) is 0 Å². The van der Waals surface area contributed by atoms with E-state index >= 15 is 0 Å². The number of rotatable bonds is 1. The van der Waals surface area contributed by atoms with E-state index in [1.165, 1.54) is 0 Å². The number of nitrogens with one attached hydrogen (secondary N) is 1. The highest BCUT2D eigenvalue weighted by Crippen LogP contribution is 2.25. The van der Waals surface area contributed by atoms with Gasteiger partial charge in [-0.25, -0.2) is 0 Å². The van der Waals surface area contributed by atoms with Crippen LogP contribution in [0.5, 0.6) is 0 Å². The average molecular weight is 186 g/mol. The third kappa shape index (κ3) is 1.36. The number of nitrogens with zero attached hydrogens (tertiary/aromatic N) is 1. The van der Waals surface area contributed by atoms with Crippen LogP contribution in [0.2, 0.25) is 0 Å². The molecule has 2 rings (SSSR count). The van der Waals surface area contributed by atoms with Crippen LogP contribution in [0.25, 0.3) is 6.08 Å². The molecule has 0 spiro atoms. The third-order valence-electron chi connectivity index (χ3n) is 2.29. The summed E-state index contributed by atoms with van der Waals surface area (Å²) >= 11 is 0. The van der Waals surface area contributed by atoms with Crippen LogP contribution in [-0.4, -0.2) is 17.8 Å². The van der Waals surface area contributed by atoms with E-state index in [2.05, 4.69) is 11.4 Å². The highest BCUT2D eigenvalue weighted by molar-refractivity contribution is 5.75. The van der Waals surface area contributed by atoms with Gasteiger partial charge in [-0.15, -0.1) is 0 Å². The fourth-order valence-electron chi connectivity index (χ4n) is 1.54. The van der Waals surface area contributed by atoms with Crippen molar-refractivity contribution in [3.8, 4) is 6.07 Å². The number of nitriles is 1. The molecule has 3 heteroatoms. The third-order valence-corrected chi connectivity index (χ3v) is 2.29. The largest absolute Gasteiger partial charge is 0.394 e. The molecule has 1 unspecified atom stereocenters. The Labute approximate surface area is 82.3 Å². The number of benzene rings is 1. The highest BCUT2D eigenvalue weighted by Gasteiger charge is 2.18. The van der Waals surface area contributed by atoms with E-state index in [1.54, 1.807) is 0 Å². The van der Waals surface area contributed by atoms with Gasteiger partial charge in [0, 0.05) is 5.69 Å². The Bertz CT molecular complexity index is 418. The summed E-state index contributed by atoms with van der Waals surface area (Å²) in [6.45, 7) is -0.0618. The van der Waals surface area contributed by atoms with Crippen molar-refractivity contribution in [3.63, 3.8) is 0 Å². The fourth-order valence-corrected chi connectivity index (χ4v) is 1.54. The van der Waals surface area contributed by atoms with Crippen molar-refractivity contribution >= 4 is 11.8 Å². The lowest BCUT2D eigenvalue weighted by molar-refractivity contribution is 0.288. The average Bonchev–Trinajstić information content (AvgIpc) is 2.27. The number of anilines is 1. The second-order valence-electron chi connectivity index (χ2n) is 3.18. The Balaban J connectivity index is 2.46. The van der Waals surface area contributed by atoms with Crippen molar-refractivity contribution in [2.24, 2.45) is 0 Å². The van der Waals surface area contributed by atoms with Crippen molar-refractivity contribution < 1.29 is 5.11 Å². The van der Waals surface area contributed by atoms with E-state index < -0.39 is 0 Å². The molecule has 1 aliphatic heterocycles. The van der Waals surface area contributed by atoms with Crippen LogP contribution in [-0.2, 0) is 0 Å². The van der Waals surface area contributed by atoms with Crippen molar-refractivity contribution in [3.05, 3.63) is 35.4 Å². The molecular weight excluding hydrogens is 176 g/mol. The van der Waals surface area contributed by atoms with Crippen LogP contribution in [0.1, 0.15) is 5.56 Å². The van der Waals surface area contributed by atoms with Crippen LogP contribution in [0, 0.1) is 11.3 Å². The van der Waals surface area contributed by atoms with Crippen molar-refractivity contribution in [1.82, 2.24) is 0 Å². The highest BCUT2D eigenvalue weighted by atomic mass is 16.3. The zero-order chi connectivity index (χ0) is 9.97. The van der Waals surface area contributed by atoms with Gasteiger partial charge in [-0.1, -0.05) is 18.2 Å². The molecular formula is C11H10N2O. The molecule has 0 fully saturated rings. The van der Waals surface area contributed by atoms with Crippen LogP contribution in [0.4, 0.5) is 5.69 Å². The van der Waals surface area contributed by atoms with Crippen molar-refractivity contribution in [2.75, 3.05) is 11.9 Å². The normalized spacial score (nSPS) is 18.9. The maximum atomic E-state index is 9.06. The summed E-state index contributed by atoms with van der Waals surface area (Å²) < 4.78 is 0. The number of hydrogen-bond donors (Lipinski definition) is 2. The minimum atomic E-state index is -0.269. The zero-order valence-electron chi connectivity index (χ0n) is 7.57. The number of para-hydroxylation sites is 1. The van der Waals surface area contributed by atoms with Gasteiger partial charge < -0.3 is 10.4 Å². The number of hydrogen-bond acceptors (Lipinski definition) is 3. The first-order valence-corrected chi connectivity index (χ1v) is 4.43. The standard InChI is InChI=1S/C11H10N2O/c12-6-9-5-8-3-1-2-4-10(8)13-11(9)7-14/h1-5,11,13-14H,7H2. The van der Waals surface area contributed by atoms with Crippen molar-refractivity contribution in [2.45, 2.75) is 6.04 Å². The van der Waals surface area contributed by atoms with E-state index in [-0.39, 0.29) is 12.6 Å². The minimum Gasteiger partial charge on any atom is -0.394 e. The molecule has 1 aromatic rings. The molecule has 1 heterocycles. The van der Waals surface area contributed by atoms with Crippen LogP contribution in [0.15, 0.2) is 29.8 Å². The first-order valence-electron chi connectivity index (χ1n) is 4.43. The lowest BCUT2D eigenvalue weighted by Gasteiger charge is -2.23. The van der Waals surface area contributed by atoms with Gasteiger partial charge in [0.05, 0.1) is 24.3 Å². The first-order chi connectivity index (χ1) is 6.85. The second kappa shape index (κ2) is 3.52. The van der Waals surface area contributed by atoms with Gasteiger partial charge in [-0.05, 0) is 17.7 Å². The SMILES string of the molecule is N#CC1=Cc2ccccc2NC1CO. The molecule has 1 atom stereocenters. The Morgan fingerprint density at radius 1 is 1.43 bits per heavy atom. The first kappa shape index (κ1) is 8.79. The fraction of sp³-hybridized carbons (Fsp3) is 0.182. The molecule has 0 saturated heterocycles. The van der Waals surface area contributed by atoms with Crippen molar-refractivity contribution in [1.29, 1.82) is 5.26 Å². The van der Waals surface area contributed by atoms with Crippen LogP contribution < -0.4 is 5.32 Å². The summed E-state index contributed by atoms with van der Waals surface area (Å²) in [6, 6.07) is 9.53. The predicted octanol–water partition coefficient (Wildman–Crippen LogP) is 1.38. The summed E-state index contributed by atoms with van der Waals surface area (Å²) in [7, 11) is 0. The van der Waals surface area contributed by atoms with E-state index in [1.807, 2.05) is 30.3 Å². The maximum absolute atomic E-state index is 9.06. The molecule has 0 radical (unpaired) electrons. The minimum absolute atomic E-state index is 0.0618. The number of aliphatic hydroxyl groups is 1. The summed E-state index contributed by atoms with van der Waals surface area (Å²) in [6.07, 6.45) is 1.81. The summed E-state index contributed by atoms with van der Waals surface area (Å²) in [4.78, 5) is 0. The Kier molecular flexibility index (Phi) is 2.21. The maximum Gasteiger partial charge on any atom is 0.0970 e. The smallest absolute Gasteiger partial charge is 0.0970 e. The zero-order valence-corrected chi connectivity index (χ0v) is 7.57. The molecule has 0 amide bonds. The molecule has 1 aliphatic rings. The summed E-state index contributed by atoms with van der Waals surface area (Å²) in [5, 5.41) is 21.0. The second-order valence-corrected chi connectivity index (χ2v) is 3.18. The van der Waals surface area contributed by atoms with Crippen LogP contribution in [0.3, 0.4) is 0 Å². The summed E-state index contributed by atoms with van der Waals surface area (Å²) in [5.41, 5.74) is 2.53.